The van der Waals surface area contributed by atoms with Gasteiger partial charge in [-0.15, -0.1) is 0 Å². The smallest absolute Gasteiger partial charge is 0.296 e. The van der Waals surface area contributed by atoms with Crippen LogP contribution in [0.25, 0.3) is 6.08 Å². The predicted octanol–water partition coefficient (Wildman–Crippen LogP) is 5.15. The molecule has 166 valence electrons. The van der Waals surface area contributed by atoms with Gasteiger partial charge in [-0.1, -0.05) is 77.6 Å². The molecule has 4 rings (SSSR count). The van der Waals surface area contributed by atoms with Crippen LogP contribution < -0.4 is 4.90 Å². The lowest BCUT2D eigenvalue weighted by atomic mass is 9.95. The second kappa shape index (κ2) is 8.96. The van der Waals surface area contributed by atoms with E-state index in [0.29, 0.717) is 16.1 Å². The van der Waals surface area contributed by atoms with Crippen LogP contribution in [-0.2, 0) is 9.59 Å². The van der Waals surface area contributed by atoms with Crippen LogP contribution in [0.3, 0.4) is 0 Å². The van der Waals surface area contributed by atoms with Crippen molar-refractivity contribution in [1.82, 2.24) is 4.98 Å². The number of carbonyl (C=O) groups excluding carboxylic acids is 3. The fraction of sp³-hybridized carbons (Fsp3) is 0.154. The molecule has 0 radical (unpaired) electrons. The minimum Gasteiger partial charge on any atom is -0.503 e. The van der Waals surface area contributed by atoms with Gasteiger partial charge in [0.2, 0.25) is 0 Å². The molecule has 0 fully saturated rings. The summed E-state index contributed by atoms with van der Waals surface area (Å²) in [7, 11) is 0. The molecule has 6 nitrogen and oxygen atoms in total. The molecule has 1 atom stereocenters. The van der Waals surface area contributed by atoms with Crippen molar-refractivity contribution in [1.29, 1.82) is 0 Å². The first-order valence-electron chi connectivity index (χ1n) is 10.4. The van der Waals surface area contributed by atoms with Gasteiger partial charge in [-0.05, 0) is 31.1 Å². The van der Waals surface area contributed by atoms with Gasteiger partial charge in [-0.3, -0.25) is 19.3 Å². The largest absolute Gasteiger partial charge is 0.503 e. The molecule has 1 aliphatic heterocycles. The lowest BCUT2D eigenvalue weighted by Crippen LogP contribution is -2.30. The third-order valence-electron chi connectivity index (χ3n) is 5.40. The Kier molecular flexibility index (Phi) is 6.07. The first kappa shape index (κ1) is 22.4. The average molecular weight is 459 g/mol. The van der Waals surface area contributed by atoms with Crippen molar-refractivity contribution in [2.45, 2.75) is 26.8 Å². The first-order chi connectivity index (χ1) is 15.8. The molecular formula is C26H22N2O4S. The molecular weight excluding hydrogens is 436 g/mol. The van der Waals surface area contributed by atoms with Crippen molar-refractivity contribution in [3.63, 3.8) is 0 Å². The van der Waals surface area contributed by atoms with Gasteiger partial charge >= 0.3 is 0 Å². The number of Topliss-reactive ketones (excluding diaryl/α,β-unsaturated/α-hetero) is 1. The molecule has 0 aliphatic carbocycles. The van der Waals surface area contributed by atoms with E-state index in [4.69, 9.17) is 0 Å². The van der Waals surface area contributed by atoms with Crippen LogP contribution in [0.2, 0.25) is 0 Å². The van der Waals surface area contributed by atoms with Gasteiger partial charge in [0, 0.05) is 6.92 Å². The number of hydrogen-bond donors (Lipinski definition) is 1. The van der Waals surface area contributed by atoms with Gasteiger partial charge in [-0.25, -0.2) is 4.98 Å². The zero-order valence-electron chi connectivity index (χ0n) is 18.4. The Hall–Kier alpha value is -3.84. The zero-order chi connectivity index (χ0) is 23.7. The third kappa shape index (κ3) is 4.27. The molecule has 1 N–H and O–H groups in total. The number of carbonyl (C=O) groups is 3. The molecule has 1 unspecified atom stereocenters. The topological polar surface area (TPSA) is 87.6 Å². The van der Waals surface area contributed by atoms with Gasteiger partial charge in [-0.2, -0.15) is 0 Å². The van der Waals surface area contributed by atoms with Crippen LogP contribution >= 0.6 is 11.3 Å². The highest BCUT2D eigenvalue weighted by Crippen LogP contribution is 2.43. The Morgan fingerprint density at radius 1 is 1.06 bits per heavy atom. The number of thiazole rings is 1. The third-order valence-corrected chi connectivity index (χ3v) is 6.66. The van der Waals surface area contributed by atoms with Gasteiger partial charge in [0.25, 0.3) is 5.91 Å². The Bertz CT molecular complexity index is 1300. The van der Waals surface area contributed by atoms with Crippen LogP contribution in [0.4, 0.5) is 5.13 Å². The lowest BCUT2D eigenvalue weighted by molar-refractivity contribution is -0.117. The maximum absolute atomic E-state index is 13.2. The van der Waals surface area contributed by atoms with E-state index in [0.717, 1.165) is 22.5 Å². The van der Waals surface area contributed by atoms with Crippen LogP contribution in [0.1, 0.15) is 45.0 Å². The van der Waals surface area contributed by atoms with Crippen molar-refractivity contribution < 1.29 is 19.5 Å². The van der Waals surface area contributed by atoms with Gasteiger partial charge < -0.3 is 5.11 Å². The number of anilines is 1. The summed E-state index contributed by atoms with van der Waals surface area (Å²) in [5.74, 6) is -1.96. The van der Waals surface area contributed by atoms with Crippen molar-refractivity contribution in [2.24, 2.45) is 0 Å². The number of allylic oxidation sites excluding steroid dienone is 1. The molecule has 3 aromatic rings. The van der Waals surface area contributed by atoms with Crippen LogP contribution in [0, 0.1) is 13.8 Å². The summed E-state index contributed by atoms with van der Waals surface area (Å²) in [6, 6.07) is 15.8. The van der Waals surface area contributed by atoms with Crippen molar-refractivity contribution in [3.05, 3.63) is 99.3 Å². The Balaban J connectivity index is 1.80. The van der Waals surface area contributed by atoms with Crippen LogP contribution in [0.15, 0.2) is 72.0 Å². The summed E-state index contributed by atoms with van der Waals surface area (Å²) in [4.78, 5) is 44.5. The molecule has 0 saturated carbocycles. The number of nitrogens with zero attached hydrogens (tertiary/aromatic N) is 2. The van der Waals surface area contributed by atoms with Gasteiger partial charge in [0.05, 0.1) is 22.2 Å². The molecule has 2 aromatic carbocycles. The minimum atomic E-state index is -0.864. The van der Waals surface area contributed by atoms with E-state index in [1.54, 1.807) is 13.0 Å². The average Bonchev–Trinajstić information content (AvgIpc) is 3.31. The number of aryl methyl sites for hydroxylation is 2. The highest BCUT2D eigenvalue weighted by Gasteiger charge is 2.45. The lowest BCUT2D eigenvalue weighted by Gasteiger charge is -2.24. The Labute approximate surface area is 195 Å². The molecule has 1 aliphatic rings. The summed E-state index contributed by atoms with van der Waals surface area (Å²) in [5.41, 5.74) is 2.98. The number of aliphatic hydroxyl groups excluding tert-OH is 1. The maximum Gasteiger partial charge on any atom is 0.296 e. The molecule has 0 spiro atoms. The number of amides is 1. The molecule has 0 saturated heterocycles. The highest BCUT2D eigenvalue weighted by molar-refractivity contribution is 7.17. The second-order valence-corrected chi connectivity index (χ2v) is 8.80. The van der Waals surface area contributed by atoms with Crippen molar-refractivity contribution >= 4 is 40.0 Å². The van der Waals surface area contributed by atoms with E-state index in [1.165, 1.54) is 17.9 Å². The van der Waals surface area contributed by atoms with Crippen LogP contribution in [-0.4, -0.2) is 27.6 Å². The number of rotatable bonds is 6. The Morgan fingerprint density at radius 3 is 2.33 bits per heavy atom. The van der Waals surface area contributed by atoms with Crippen molar-refractivity contribution in [3.8, 4) is 0 Å². The predicted molar refractivity (Wildman–Crippen MR) is 128 cm³/mol. The molecule has 1 amide bonds. The normalized spacial score (nSPS) is 16.2. The molecule has 0 bridgehead atoms. The molecule has 7 heteroatoms. The summed E-state index contributed by atoms with van der Waals surface area (Å²) in [6.45, 7) is 5.07. The Morgan fingerprint density at radius 2 is 1.73 bits per heavy atom. The SMILES string of the molecule is CC(=O)c1sc(N2C(=O)C(O)=C(C(=O)/C=C/c3ccccc3)C2c2ccc(C)cc2)nc1C. The van der Waals surface area contributed by atoms with Gasteiger partial charge in [0.15, 0.2) is 22.5 Å². The summed E-state index contributed by atoms with van der Waals surface area (Å²) >= 11 is 1.07. The summed E-state index contributed by atoms with van der Waals surface area (Å²) < 4.78 is 0. The maximum atomic E-state index is 13.2. The molecule has 1 aromatic heterocycles. The number of aliphatic hydroxyl groups is 1. The summed E-state index contributed by atoms with van der Waals surface area (Å²) in [6.07, 6.45) is 3.00. The number of ketones is 2. The van der Waals surface area contributed by atoms with E-state index in [2.05, 4.69) is 4.98 Å². The monoisotopic (exact) mass is 458 g/mol. The highest BCUT2D eigenvalue weighted by atomic mass is 32.1. The van der Waals surface area contributed by atoms with Crippen LogP contribution in [0.5, 0.6) is 0 Å². The van der Waals surface area contributed by atoms with Crippen molar-refractivity contribution in [2.75, 3.05) is 4.90 Å². The fourth-order valence-electron chi connectivity index (χ4n) is 3.76. The molecule has 2 heterocycles. The number of benzene rings is 2. The van der Waals surface area contributed by atoms with E-state index < -0.39 is 23.5 Å². The standard InChI is InChI=1S/C26H22N2O4S/c1-15-9-12-19(13-10-15)22-21(20(30)14-11-18-7-5-4-6-8-18)23(31)25(32)28(22)26-27-16(2)24(33-26)17(3)29/h4-14,22,31H,1-3H3/b14-11+. The van der Waals surface area contributed by atoms with E-state index in [9.17, 15) is 19.5 Å². The zero-order valence-corrected chi connectivity index (χ0v) is 19.2. The number of hydrogen-bond acceptors (Lipinski definition) is 6. The first-order valence-corrected chi connectivity index (χ1v) is 11.2. The minimum absolute atomic E-state index is 0.0201. The van der Waals surface area contributed by atoms with E-state index in [1.807, 2.05) is 61.5 Å². The number of aromatic nitrogens is 1. The van der Waals surface area contributed by atoms with E-state index >= 15 is 0 Å². The van der Waals surface area contributed by atoms with E-state index in [-0.39, 0.29) is 16.5 Å². The molecule has 33 heavy (non-hydrogen) atoms. The van der Waals surface area contributed by atoms with Gasteiger partial charge in [0.1, 0.15) is 0 Å². The fourth-order valence-corrected chi connectivity index (χ4v) is 4.74. The second-order valence-electron chi connectivity index (χ2n) is 7.83. The quantitative estimate of drug-likeness (QED) is 0.408. The summed E-state index contributed by atoms with van der Waals surface area (Å²) in [5, 5.41) is 11.0.